The molecule has 0 saturated carbocycles. The molecular formula is C22H67N3Si6. The van der Waals surface area contributed by atoms with Crippen molar-refractivity contribution < 1.29 is 0 Å². The van der Waals surface area contributed by atoms with Gasteiger partial charge in [0.25, 0.3) is 0 Å². The van der Waals surface area contributed by atoms with E-state index in [1.54, 1.807) is 5.67 Å². The molecule has 0 aromatic carbocycles. The molecule has 0 spiro atoms. The second-order valence-corrected chi connectivity index (χ2v) is 48.5. The van der Waals surface area contributed by atoms with Crippen LogP contribution in [0.25, 0.3) is 0 Å². The number of hydrogen-bond acceptors (Lipinski definition) is 3. The summed E-state index contributed by atoms with van der Waals surface area (Å²) in [5.74, 6) is 0. The molecule has 0 heterocycles. The summed E-state index contributed by atoms with van der Waals surface area (Å²) in [6, 6.07) is 0. The molecule has 0 aliphatic carbocycles. The van der Waals surface area contributed by atoms with E-state index >= 15 is 0 Å². The third-order valence-electron chi connectivity index (χ3n) is 6.35. The molecule has 0 bridgehead atoms. The van der Waals surface area contributed by atoms with E-state index in [1.807, 2.05) is 0 Å². The predicted molar refractivity (Wildman–Crippen MR) is 171 cm³/mol. The lowest BCUT2D eigenvalue weighted by Crippen LogP contribution is -2.62. The third kappa shape index (κ3) is 22.7. The van der Waals surface area contributed by atoms with Crippen molar-refractivity contribution in [2.45, 2.75) is 105 Å². The summed E-state index contributed by atoms with van der Waals surface area (Å²) in [5, 5.41) is 0. The van der Waals surface area contributed by atoms with E-state index in [1.165, 1.54) is 6.17 Å². The van der Waals surface area contributed by atoms with Crippen LogP contribution in [-0.2, 0) is 0 Å². The molecule has 194 valence electrons. The Morgan fingerprint density at radius 1 is 0.613 bits per heavy atom. The smallest absolute Gasteiger partial charge is 0.111 e. The first-order chi connectivity index (χ1) is 12.8. The van der Waals surface area contributed by atoms with Gasteiger partial charge in [0.2, 0.25) is 0 Å². The van der Waals surface area contributed by atoms with Crippen LogP contribution in [0.15, 0.2) is 0 Å². The van der Waals surface area contributed by atoms with Gasteiger partial charge in [-0.2, -0.15) is 0 Å². The molecular weight excluding hydrogens is 475 g/mol. The van der Waals surface area contributed by atoms with Crippen LogP contribution in [0.5, 0.6) is 0 Å². The van der Waals surface area contributed by atoms with Gasteiger partial charge < -0.3 is 13.7 Å². The first-order valence-electron chi connectivity index (χ1n) is 11.9. The fraction of sp³-hybridized carbons (Fsp3) is 1.00. The number of nitrogens with zero attached hydrogens (tertiary/aromatic N) is 3. The van der Waals surface area contributed by atoms with Gasteiger partial charge in [-0.15, -0.1) is 0 Å². The van der Waals surface area contributed by atoms with Crippen LogP contribution >= 0.6 is 0 Å². The molecule has 0 rings (SSSR count). The topological polar surface area (TPSA) is 9.72 Å². The van der Waals surface area contributed by atoms with Gasteiger partial charge in [-0.1, -0.05) is 105 Å². The molecule has 0 aliphatic rings. The summed E-state index contributed by atoms with van der Waals surface area (Å²) in [5.41, 5.74) is 1.54. The van der Waals surface area contributed by atoms with E-state index < -0.39 is 49.4 Å². The van der Waals surface area contributed by atoms with Crippen molar-refractivity contribution in [3.05, 3.63) is 0 Å². The Morgan fingerprint density at radius 3 is 1.03 bits per heavy atom. The lowest BCUT2D eigenvalue weighted by atomic mass is 11.2. The van der Waals surface area contributed by atoms with Gasteiger partial charge in [0.05, 0.1) is 15.7 Å². The quantitative estimate of drug-likeness (QED) is 0.331. The molecule has 31 heavy (non-hydrogen) atoms. The zero-order chi connectivity index (χ0) is 25.3. The van der Waals surface area contributed by atoms with Crippen molar-refractivity contribution in [1.29, 1.82) is 0 Å². The molecule has 0 saturated heterocycles. The van der Waals surface area contributed by atoms with Gasteiger partial charge in [0.1, 0.15) is 25.7 Å². The zero-order valence-electron chi connectivity index (χ0n) is 24.9. The second kappa shape index (κ2) is 16.0. The first-order valence-corrected chi connectivity index (χ1v) is 32.1. The molecule has 1 atom stereocenters. The summed E-state index contributed by atoms with van der Waals surface area (Å²) in [7, 11) is 6.68. The monoisotopic (exact) mass is 541 g/mol. The van der Waals surface area contributed by atoms with E-state index in [2.05, 4.69) is 141 Å². The molecule has 0 radical (unpaired) electrons. The maximum absolute atomic E-state index is 2.58. The highest BCUT2D eigenvalue weighted by molar-refractivity contribution is 7.39. The van der Waals surface area contributed by atoms with Crippen molar-refractivity contribution in [3.8, 4) is 0 Å². The Hall–Kier alpha value is 1.18. The Bertz CT molecular complexity index is 410. The summed E-state index contributed by atoms with van der Waals surface area (Å²) < 4.78 is 7.49. The van der Waals surface area contributed by atoms with Crippen LogP contribution in [0.2, 0.25) is 97.3 Å². The highest BCUT2D eigenvalue weighted by atomic mass is 29.3. The minimum Gasteiger partial charge on any atom is -0.332 e. The fourth-order valence-electron chi connectivity index (χ4n) is 2.67. The van der Waals surface area contributed by atoms with Gasteiger partial charge in [-0.05, 0) is 41.4 Å². The average Bonchev–Trinajstić information content (AvgIpc) is 2.43. The molecule has 3 nitrogen and oxygen atoms in total. The van der Waals surface area contributed by atoms with Crippen LogP contribution in [0.4, 0.5) is 0 Å². The fourth-order valence-corrected chi connectivity index (χ4v) is 21.2. The van der Waals surface area contributed by atoms with Crippen molar-refractivity contribution in [2.24, 2.45) is 0 Å². The number of rotatable bonds is 8. The molecule has 0 fully saturated rings. The number of hydrogen-bond donors (Lipinski definition) is 0. The van der Waals surface area contributed by atoms with Crippen LogP contribution in [0, 0.1) is 0 Å². The van der Waals surface area contributed by atoms with E-state index in [4.69, 9.17) is 0 Å². The highest BCUT2D eigenvalue weighted by Crippen LogP contribution is 2.19. The molecule has 1 unspecified atom stereocenters. The first kappa shape index (κ1) is 39.4. The lowest BCUT2D eigenvalue weighted by Gasteiger charge is -2.40. The molecule has 0 aliphatic heterocycles. The summed E-state index contributed by atoms with van der Waals surface area (Å²) in [6.45, 7) is 34.2. The average molecular weight is 542 g/mol. The van der Waals surface area contributed by atoms with Crippen LogP contribution in [0.1, 0.15) is 7.43 Å². The van der Waals surface area contributed by atoms with Crippen LogP contribution in [-0.4, -0.2) is 105 Å². The highest BCUT2D eigenvalue weighted by Gasteiger charge is 2.38. The van der Waals surface area contributed by atoms with Crippen LogP contribution in [0.3, 0.4) is 0 Å². The normalized spacial score (nSPS) is 14.0. The SMILES string of the molecule is C.CN(C)[SiH](C)C[Si](C)(C)C.CN(C)[Si](C)(C)[Si](C)(C)C.CN(C[Si](C)(C)C)[SiH](C)C. The van der Waals surface area contributed by atoms with Crippen LogP contribution < -0.4 is 0 Å². The summed E-state index contributed by atoms with van der Waals surface area (Å²) >= 11 is 0. The van der Waals surface area contributed by atoms with Crippen molar-refractivity contribution >= 4 is 49.4 Å². The Kier molecular flexibility index (Phi) is 20.3. The Labute approximate surface area is 208 Å². The van der Waals surface area contributed by atoms with Crippen molar-refractivity contribution in [1.82, 2.24) is 13.7 Å². The van der Waals surface area contributed by atoms with Gasteiger partial charge >= 0.3 is 0 Å². The molecule has 0 aromatic rings. The lowest BCUT2D eigenvalue weighted by molar-refractivity contribution is 0.604. The van der Waals surface area contributed by atoms with Gasteiger partial charge in [0, 0.05) is 8.07 Å². The maximum atomic E-state index is 2.58. The molecule has 9 heteroatoms. The standard InChI is InChI=1S/3C7H21NSi2.CH4/c1-8(9(2)3)7-10(4,5)6;1-8(2)9(3)7-10(4,5)6;1-8(2)10(6,7)9(3,4)5;/h2*9H,7H2,1-6H3;1-7H3;1H4. The summed E-state index contributed by atoms with van der Waals surface area (Å²) in [4.78, 5) is 0. The Morgan fingerprint density at radius 2 is 0.968 bits per heavy atom. The van der Waals surface area contributed by atoms with E-state index in [0.717, 1.165) is 0 Å². The van der Waals surface area contributed by atoms with Crippen molar-refractivity contribution in [2.75, 3.05) is 41.4 Å². The van der Waals surface area contributed by atoms with Gasteiger partial charge in [-0.3, -0.25) is 0 Å². The van der Waals surface area contributed by atoms with E-state index in [-0.39, 0.29) is 7.43 Å². The van der Waals surface area contributed by atoms with Gasteiger partial charge in [0.15, 0.2) is 0 Å². The third-order valence-corrected chi connectivity index (χ3v) is 37.4. The summed E-state index contributed by atoms with van der Waals surface area (Å²) in [6.07, 6.45) is 1.37. The molecule has 0 amide bonds. The minimum atomic E-state index is -1.01. The predicted octanol–water partition coefficient (Wildman–Crippen LogP) is 6.36. The largest absolute Gasteiger partial charge is 0.332 e. The molecule has 0 N–H and O–H groups in total. The van der Waals surface area contributed by atoms with E-state index in [0.29, 0.717) is 0 Å². The minimum absolute atomic E-state index is 0. The van der Waals surface area contributed by atoms with E-state index in [9.17, 15) is 0 Å². The second-order valence-electron chi connectivity index (χ2n) is 13.9. The maximum Gasteiger partial charge on any atom is 0.111 e. The van der Waals surface area contributed by atoms with Crippen molar-refractivity contribution in [3.63, 3.8) is 0 Å². The zero-order valence-corrected chi connectivity index (χ0v) is 31.2. The van der Waals surface area contributed by atoms with Gasteiger partial charge in [-0.25, -0.2) is 0 Å². The Balaban J connectivity index is -0.000000174. The molecule has 0 aromatic heterocycles.